The molecule has 4 N–H and O–H groups in total. The van der Waals surface area contributed by atoms with Gasteiger partial charge in [0, 0.05) is 61.5 Å². The van der Waals surface area contributed by atoms with Crippen molar-refractivity contribution in [3.05, 3.63) is 51.3 Å². The molecular weight excluding hydrogens is 1080 g/mol. The first-order chi connectivity index (χ1) is 39.9. The Hall–Kier alpha value is -7.51. The van der Waals surface area contributed by atoms with Crippen molar-refractivity contribution in [2.24, 2.45) is 17.3 Å². The zero-order chi connectivity index (χ0) is 59.2. The molecule has 2 aromatic heterocycles. The highest BCUT2D eigenvalue weighted by molar-refractivity contribution is 6.04. The SMILES string of the molecule is CCC(C)(CC)C1CC(=O)N(CCCCCC(=O)NCCOCCOCCOCCC(=O)NC2(C(=O)N3CCC[C@H]3C(=O)NCC(=O)O[C@]3(CC)C(=O)OCc4c3cc3n(c4=O)Cc4cc5cc6c(cc5nc4-3)OCO6)CC2C(=O)O)C1=O. The van der Waals surface area contributed by atoms with Crippen LogP contribution in [0.3, 0.4) is 0 Å². The minimum absolute atomic E-state index is 0.0630. The molecule has 1 aliphatic carbocycles. The third kappa shape index (κ3) is 12.4. The van der Waals surface area contributed by atoms with Crippen LogP contribution in [0.25, 0.3) is 22.3 Å². The first kappa shape index (κ1) is 60.1. The molecule has 5 atom stereocenters. The summed E-state index contributed by atoms with van der Waals surface area (Å²) in [7, 11) is 0. The van der Waals surface area contributed by atoms with Crippen LogP contribution in [-0.4, -0.2) is 162 Å². The van der Waals surface area contributed by atoms with E-state index in [1.54, 1.807) is 19.1 Å². The molecule has 25 nitrogen and oxygen atoms in total. The van der Waals surface area contributed by atoms with Crippen LogP contribution in [-0.2, 0) is 85.6 Å². The Kier molecular flexibility index (Phi) is 18.5. The minimum atomic E-state index is -2.06. The predicted molar refractivity (Wildman–Crippen MR) is 291 cm³/mol. The second-order valence-electron chi connectivity index (χ2n) is 22.2. The fourth-order valence-electron chi connectivity index (χ4n) is 11.9. The summed E-state index contributed by atoms with van der Waals surface area (Å²) in [6.45, 7) is 8.74. The number of carbonyl (C=O) groups excluding carboxylic acids is 8. The van der Waals surface area contributed by atoms with Crippen LogP contribution in [0.15, 0.2) is 29.1 Å². The van der Waals surface area contributed by atoms with Crippen LogP contribution in [0, 0.1) is 17.3 Å². The molecular formula is C58H73N7O18. The molecule has 5 aliphatic heterocycles. The van der Waals surface area contributed by atoms with Gasteiger partial charge < -0.3 is 63.7 Å². The number of cyclic esters (lactones) is 1. The number of aliphatic carboxylic acids is 1. The number of rotatable bonds is 29. The molecule has 7 heterocycles. The number of carboxylic acid groups (broad SMARTS) is 1. The van der Waals surface area contributed by atoms with Crippen LogP contribution in [0.4, 0.5) is 0 Å². The van der Waals surface area contributed by atoms with Gasteiger partial charge in [0.2, 0.25) is 47.8 Å². The van der Waals surface area contributed by atoms with Gasteiger partial charge in [0.05, 0.1) is 80.5 Å². The number of benzene rings is 1. The first-order valence-electron chi connectivity index (χ1n) is 28.7. The van der Waals surface area contributed by atoms with Gasteiger partial charge in [0.1, 0.15) is 24.7 Å². The normalized spacial score (nSPS) is 22.0. The predicted octanol–water partition coefficient (Wildman–Crippen LogP) is 2.74. The highest BCUT2D eigenvalue weighted by Gasteiger charge is 2.67. The van der Waals surface area contributed by atoms with E-state index in [1.807, 2.05) is 12.1 Å². The highest BCUT2D eigenvalue weighted by Crippen LogP contribution is 2.47. The lowest BCUT2D eigenvalue weighted by Crippen LogP contribution is -2.57. The minimum Gasteiger partial charge on any atom is -0.481 e. The number of hydrogen-bond donors (Lipinski definition) is 4. The zero-order valence-electron chi connectivity index (χ0n) is 47.4. The summed E-state index contributed by atoms with van der Waals surface area (Å²) in [5.74, 6) is -6.09. The lowest BCUT2D eigenvalue weighted by Gasteiger charge is -2.35. The number of esters is 2. The Labute approximate surface area is 478 Å². The molecule has 448 valence electrons. The topological polar surface area (TPSA) is 316 Å². The van der Waals surface area contributed by atoms with Crippen LogP contribution in [0.1, 0.15) is 121 Å². The summed E-state index contributed by atoms with van der Waals surface area (Å²) in [5, 5.41) is 18.6. The van der Waals surface area contributed by atoms with E-state index >= 15 is 0 Å². The van der Waals surface area contributed by atoms with Crippen molar-refractivity contribution in [3.8, 4) is 22.9 Å². The van der Waals surface area contributed by atoms with Crippen molar-refractivity contribution in [2.75, 3.05) is 72.6 Å². The summed E-state index contributed by atoms with van der Waals surface area (Å²) in [4.78, 5) is 140. The number of amides is 6. The van der Waals surface area contributed by atoms with E-state index in [4.69, 9.17) is 38.1 Å². The number of likely N-dealkylation sites (tertiary alicyclic amines) is 2. The maximum absolute atomic E-state index is 14.2. The number of unbranched alkanes of at least 4 members (excludes halogenated alkanes) is 2. The quantitative estimate of drug-likeness (QED) is 0.0345. The average molecular weight is 1160 g/mol. The maximum Gasteiger partial charge on any atom is 0.355 e. The fraction of sp³-hybridized carbons (Fsp3) is 0.603. The number of fused-ring (bicyclic) bond motifs is 6. The van der Waals surface area contributed by atoms with Gasteiger partial charge in [0.25, 0.3) is 5.56 Å². The molecule has 1 saturated carbocycles. The monoisotopic (exact) mass is 1160 g/mol. The molecule has 0 spiro atoms. The number of nitrogens with zero attached hydrogens (tertiary/aromatic N) is 4. The molecule has 9 rings (SSSR count). The first-order valence-corrected chi connectivity index (χ1v) is 28.7. The number of imide groups is 1. The Balaban J connectivity index is 0.667. The number of ether oxygens (including phenoxy) is 7. The van der Waals surface area contributed by atoms with Gasteiger partial charge in [-0.15, -0.1) is 0 Å². The molecule has 25 heteroatoms. The second kappa shape index (κ2) is 25.5. The van der Waals surface area contributed by atoms with E-state index in [2.05, 4.69) is 36.7 Å². The van der Waals surface area contributed by atoms with E-state index in [1.165, 1.54) is 14.4 Å². The third-order valence-electron chi connectivity index (χ3n) is 17.3. The highest BCUT2D eigenvalue weighted by atomic mass is 16.7. The molecule has 83 heavy (non-hydrogen) atoms. The fourth-order valence-corrected chi connectivity index (χ4v) is 11.9. The van der Waals surface area contributed by atoms with Gasteiger partial charge in [-0.25, -0.2) is 9.78 Å². The molecule has 3 fully saturated rings. The van der Waals surface area contributed by atoms with Crippen LogP contribution in [0.2, 0.25) is 0 Å². The Bertz CT molecular complexity index is 3120. The van der Waals surface area contributed by atoms with E-state index in [-0.39, 0.29) is 138 Å². The van der Waals surface area contributed by atoms with E-state index < -0.39 is 70.8 Å². The van der Waals surface area contributed by atoms with Crippen molar-refractivity contribution >= 4 is 64.3 Å². The van der Waals surface area contributed by atoms with Gasteiger partial charge in [-0.3, -0.25) is 48.1 Å². The molecule has 0 bridgehead atoms. The van der Waals surface area contributed by atoms with Crippen LogP contribution < -0.4 is 31.0 Å². The summed E-state index contributed by atoms with van der Waals surface area (Å²) in [5.41, 5.74) is -2.00. The molecule has 3 unspecified atom stereocenters. The van der Waals surface area contributed by atoms with Gasteiger partial charge in [-0.1, -0.05) is 34.1 Å². The van der Waals surface area contributed by atoms with Crippen molar-refractivity contribution in [1.29, 1.82) is 0 Å². The Morgan fingerprint density at radius 2 is 1.57 bits per heavy atom. The maximum atomic E-state index is 14.2. The number of nitrogens with one attached hydrogen (secondary N) is 3. The molecule has 2 saturated heterocycles. The Morgan fingerprint density at radius 3 is 2.28 bits per heavy atom. The van der Waals surface area contributed by atoms with Crippen molar-refractivity contribution in [1.82, 2.24) is 35.3 Å². The molecule has 0 radical (unpaired) electrons. The van der Waals surface area contributed by atoms with Gasteiger partial charge in [-0.2, -0.15) is 0 Å². The van der Waals surface area contributed by atoms with E-state index in [0.29, 0.717) is 73.6 Å². The van der Waals surface area contributed by atoms with Crippen LogP contribution >= 0.6 is 0 Å². The van der Waals surface area contributed by atoms with Crippen LogP contribution in [0.5, 0.6) is 11.5 Å². The lowest BCUT2D eigenvalue weighted by molar-refractivity contribution is -0.189. The number of aromatic nitrogens is 2. The largest absolute Gasteiger partial charge is 0.481 e. The number of carbonyl (C=O) groups is 9. The van der Waals surface area contributed by atoms with E-state index in [9.17, 15) is 53.1 Å². The van der Waals surface area contributed by atoms with Crippen molar-refractivity contribution in [2.45, 2.75) is 135 Å². The molecule has 3 aromatic rings. The summed E-state index contributed by atoms with van der Waals surface area (Å²) >= 11 is 0. The summed E-state index contributed by atoms with van der Waals surface area (Å²) in [6, 6.07) is 5.95. The van der Waals surface area contributed by atoms with E-state index in [0.717, 1.165) is 23.8 Å². The summed E-state index contributed by atoms with van der Waals surface area (Å²) in [6.07, 6.45) is 4.26. The number of hydrogen-bond acceptors (Lipinski definition) is 18. The zero-order valence-corrected chi connectivity index (χ0v) is 47.4. The standard InChI is InChI=1S/C58H73N7O18/c1-5-56(4,6-2)38-27-47(68)64(52(38)72)16-10-8-9-13-45(66)59-15-19-78-21-23-79-22-20-77-18-14-46(67)62-57(29-39(57)53(73)74)54(75)63-17-11-12-41(63)50(70)60-30-48(69)83-58(7-3)37-26-42-49-35(31-65(42)51(71)36(37)32-80-55(58)76)24-34-25-43-44(82-33-81-43)28-40(34)61-49/h24-26,28,38-39,41H,5-23,27,29-33H2,1-4H3,(H,59,66)(H,60,70)(H,62,67)(H,73,74)/t38?,39?,41-,57?,58-/m0/s1. The molecule has 6 amide bonds. The average Bonchev–Trinajstić information content (AvgIpc) is 2.13. The van der Waals surface area contributed by atoms with Crippen molar-refractivity contribution < 1.29 is 81.4 Å². The lowest BCUT2D eigenvalue weighted by atomic mass is 9.72. The smallest absolute Gasteiger partial charge is 0.355 e. The molecule has 6 aliphatic rings. The van der Waals surface area contributed by atoms with Gasteiger partial charge in [0.15, 0.2) is 11.5 Å². The second-order valence-corrected chi connectivity index (χ2v) is 22.2. The third-order valence-corrected chi connectivity index (χ3v) is 17.3. The van der Waals surface area contributed by atoms with Crippen molar-refractivity contribution in [3.63, 3.8) is 0 Å². The molecule has 1 aromatic carbocycles. The number of carboxylic acids is 1. The number of pyridine rings is 2. The summed E-state index contributed by atoms with van der Waals surface area (Å²) < 4.78 is 40.5. The van der Waals surface area contributed by atoms with Gasteiger partial charge >= 0.3 is 17.9 Å². The van der Waals surface area contributed by atoms with Gasteiger partial charge in [-0.05, 0) is 75.0 Å². The Morgan fingerprint density at radius 1 is 0.843 bits per heavy atom.